The Hall–Kier alpha value is -10.1. The van der Waals surface area contributed by atoms with Crippen LogP contribution in [0.15, 0.2) is 276 Å². The van der Waals surface area contributed by atoms with E-state index < -0.39 is 23.9 Å². The van der Waals surface area contributed by atoms with Crippen molar-refractivity contribution in [3.05, 3.63) is 376 Å². The Morgan fingerprint density at radius 1 is 0.430 bits per heavy atom. The first kappa shape index (κ1) is 102. The van der Waals surface area contributed by atoms with Crippen molar-refractivity contribution < 1.29 is 43.9 Å². The van der Waals surface area contributed by atoms with Crippen LogP contribution in [-0.4, -0.2) is 103 Å². The summed E-state index contributed by atoms with van der Waals surface area (Å²) in [5.41, 5.74) is 16.9. The van der Waals surface area contributed by atoms with Crippen molar-refractivity contribution in [2.45, 2.75) is 76.7 Å². The highest BCUT2D eigenvalue weighted by atomic mass is 127. The molecule has 1 heterocycles. The molecule has 17 rings (SSSR count). The summed E-state index contributed by atoms with van der Waals surface area (Å²) < 4.78 is 3.24. The number of hydrogen-bond donors (Lipinski definition) is 4. The minimum Gasteiger partial charge on any atom is -0.507 e. The lowest BCUT2D eigenvalue weighted by Crippen LogP contribution is -2.40. The molecule has 1 aliphatic rings. The number of nitrogens with zero attached hydrogens (tertiary/aromatic N) is 3. The van der Waals surface area contributed by atoms with E-state index in [2.05, 4.69) is 147 Å². The molecule has 1 aliphatic carbocycles. The van der Waals surface area contributed by atoms with Crippen LogP contribution in [-0.2, 0) is 0 Å². The van der Waals surface area contributed by atoms with E-state index in [9.17, 15) is 43.9 Å². The number of nitrogens with one attached hydrogen (secondary N) is 1. The maximum atomic E-state index is 12.7. The first-order valence-corrected chi connectivity index (χ1v) is 45.5. The Balaban J connectivity index is 0.000000169. The van der Waals surface area contributed by atoms with Crippen LogP contribution in [0.3, 0.4) is 0 Å². The third-order valence-electron chi connectivity index (χ3n) is 21.0. The Morgan fingerprint density at radius 3 is 1.41 bits per heavy atom. The molecule has 0 saturated heterocycles. The van der Waals surface area contributed by atoms with Gasteiger partial charge in [0.15, 0.2) is 6.29 Å². The maximum absolute atomic E-state index is 12.7. The van der Waals surface area contributed by atoms with Crippen molar-refractivity contribution in [2.24, 2.45) is 0 Å². The van der Waals surface area contributed by atoms with E-state index >= 15 is 0 Å². The molecule has 0 aliphatic heterocycles. The number of ketones is 2. The molecule has 654 valence electrons. The number of fused-ring (bicyclic) bond motifs is 12. The van der Waals surface area contributed by atoms with Gasteiger partial charge in [-0.05, 0) is 343 Å². The summed E-state index contributed by atoms with van der Waals surface area (Å²) in [5, 5.41) is 40.0. The van der Waals surface area contributed by atoms with Crippen molar-refractivity contribution >= 4 is 237 Å². The van der Waals surface area contributed by atoms with Crippen LogP contribution < -0.4 is 5.46 Å². The number of aromatic amines is 1. The van der Waals surface area contributed by atoms with E-state index in [1.54, 1.807) is 83.8 Å². The largest absolute Gasteiger partial charge is 0.507 e. The predicted octanol–water partition coefficient (Wildman–Crippen LogP) is 29.4. The fourth-order valence-electron chi connectivity index (χ4n) is 14.4. The van der Waals surface area contributed by atoms with Gasteiger partial charge in [-0.3, -0.25) is 28.8 Å². The van der Waals surface area contributed by atoms with Gasteiger partial charge in [0.1, 0.15) is 11.6 Å². The van der Waals surface area contributed by atoms with E-state index in [0.29, 0.717) is 84.9 Å². The zero-order chi connectivity index (χ0) is 92.2. The zero-order valence-electron chi connectivity index (χ0n) is 70.8. The Morgan fingerprint density at radius 2 is 0.867 bits per heavy atom. The number of phenols is 1. The smallest absolute Gasteiger partial charge is 0.489 e. The molecule has 0 radical (unpaired) electrons. The summed E-state index contributed by atoms with van der Waals surface area (Å²) in [6.07, 6.45) is 0.907. The zero-order valence-corrected chi connectivity index (χ0v) is 81.4. The molecule has 0 saturated carbocycles. The lowest BCUT2D eigenvalue weighted by atomic mass is 9.76. The van der Waals surface area contributed by atoms with Gasteiger partial charge in [-0.25, -0.2) is 4.98 Å². The van der Waals surface area contributed by atoms with Gasteiger partial charge >= 0.3 is 7.12 Å². The highest BCUT2D eigenvalue weighted by Gasteiger charge is 2.31. The summed E-state index contributed by atoms with van der Waals surface area (Å²) in [4.78, 5) is 81.7. The molecule has 0 fully saturated rings. The van der Waals surface area contributed by atoms with E-state index in [4.69, 9.17) is 86.2 Å². The van der Waals surface area contributed by atoms with Crippen molar-refractivity contribution in [1.29, 1.82) is 0 Å². The highest BCUT2D eigenvalue weighted by molar-refractivity contribution is 14.1. The van der Waals surface area contributed by atoms with Crippen molar-refractivity contribution in [3.8, 4) is 39.4 Å². The molecular formula is C104H91BBr2Cl7IN4O9. The number of carbonyl (C=O) groups excluding carboxylic acids is 6. The topological polar surface area (TPSA) is 198 Å². The summed E-state index contributed by atoms with van der Waals surface area (Å²) in [6, 6.07) is 82.7. The van der Waals surface area contributed by atoms with E-state index in [-0.39, 0.29) is 30.3 Å². The Labute approximate surface area is 811 Å². The van der Waals surface area contributed by atoms with Crippen LogP contribution in [0.2, 0.25) is 30.1 Å². The summed E-state index contributed by atoms with van der Waals surface area (Å²) in [6.45, 7) is 22.5. The Bertz CT molecular complexity index is 6590. The number of halogens is 10. The number of imidazole rings is 1. The van der Waals surface area contributed by atoms with E-state index in [0.717, 1.165) is 119 Å². The predicted molar refractivity (Wildman–Crippen MR) is 551 cm³/mol. The van der Waals surface area contributed by atoms with Crippen LogP contribution in [0.25, 0.3) is 87.8 Å². The third kappa shape index (κ3) is 25.3. The van der Waals surface area contributed by atoms with Crippen LogP contribution in [0.4, 0.5) is 0 Å². The molecule has 24 heteroatoms. The number of H-pyrrole nitrogens is 1. The van der Waals surface area contributed by atoms with Gasteiger partial charge in [-0.1, -0.05) is 224 Å². The number of aromatic nitrogens is 2. The maximum Gasteiger partial charge on any atom is 0.489 e. The van der Waals surface area contributed by atoms with Crippen molar-refractivity contribution in [1.82, 2.24) is 19.8 Å². The minimum absolute atomic E-state index is 0. The normalized spacial score (nSPS) is 10.8. The molecule has 0 unspecified atom stereocenters. The van der Waals surface area contributed by atoms with E-state index in [1.807, 2.05) is 163 Å². The number of benzene rings is 15. The molecular weight excluding hydrogens is 1990 g/mol. The standard InChI is InChI=1S/C23H16BrClN2.C18H20ClNO.C14H6BrClO2.C14H9ClO.C11H15BClNO3.C9H10O.C7H4Cl2O.C7H7I.CH4/c1-12-4-3-5-13(2)20(12)23-26-21-16-8-6-14(24)10-18(16)19-11-15(25)7-9-17(19)22(21)27-23;1-4-20(5-2)18(21)16-11-10-14(19)12-17(16)15-9-7-6-8-13(15)3;15-7-1-3-9-11(5-7)12-6-8(16)2-4-10(12)14(18)13(9)17;15-10-5-6-12-13(8-10)11-4-2-1-3-9(11)7-14(12)16;1-3-14(4-2)11(15)9-6-5-8(13)7-10(9)12(16)17;1-7-4-3-5-8(2)9(7)6-10;8-6-3-1-5(2-4-6)7(9)10;1-6-4-2-3-5-7(6)8;/h3-11H,1-2H3,(H,26,27);6-12H,4-5H2,1-3H3;1-6H;1-8,16H;5-7,16-17H,3-4H2,1-2H3;3-6H,1-2H3;1-4H;2-5H,1H3;1H4. The molecule has 13 nitrogen and oxygen atoms in total. The van der Waals surface area contributed by atoms with Crippen molar-refractivity contribution in [3.63, 3.8) is 0 Å². The number of carbonyl (C=O) groups is 6. The highest BCUT2D eigenvalue weighted by Crippen LogP contribution is 2.41. The number of rotatable bonds is 11. The number of aromatic hydroxyl groups is 1. The number of aldehydes is 1. The third-order valence-corrected chi connectivity index (χ3v) is 24.9. The van der Waals surface area contributed by atoms with Gasteiger partial charge in [-0.15, -0.1) is 0 Å². The van der Waals surface area contributed by atoms with Gasteiger partial charge in [-0.2, -0.15) is 0 Å². The molecule has 15 aromatic carbocycles. The molecule has 0 spiro atoms. The fourth-order valence-corrected chi connectivity index (χ4v) is 16.6. The van der Waals surface area contributed by atoms with Crippen LogP contribution in [0, 0.1) is 45.1 Å². The minimum atomic E-state index is -1.71. The van der Waals surface area contributed by atoms with Gasteiger partial charge in [0.25, 0.3) is 17.1 Å². The second-order valence-electron chi connectivity index (χ2n) is 29.3. The van der Waals surface area contributed by atoms with E-state index in [1.165, 1.54) is 38.0 Å². The molecule has 4 N–H and O–H groups in total. The van der Waals surface area contributed by atoms with Crippen LogP contribution >= 0.6 is 136 Å². The van der Waals surface area contributed by atoms with Crippen molar-refractivity contribution in [2.75, 3.05) is 26.2 Å². The lowest BCUT2D eigenvalue weighted by Gasteiger charge is -2.21. The first-order valence-electron chi connectivity index (χ1n) is 40.2. The van der Waals surface area contributed by atoms with Gasteiger partial charge in [0.05, 0.1) is 11.0 Å². The quantitative estimate of drug-likeness (QED) is 0.0241. The lowest BCUT2D eigenvalue weighted by molar-refractivity contribution is 0.0766. The molecule has 0 bridgehead atoms. The number of amides is 2. The van der Waals surface area contributed by atoms with Gasteiger partial charge in [0, 0.05) is 124 Å². The molecule has 2 amide bonds. The first-order chi connectivity index (χ1) is 60.7. The second-order valence-corrected chi connectivity index (χ2v) is 35.3. The van der Waals surface area contributed by atoms with Crippen LogP contribution in [0.5, 0.6) is 5.75 Å². The fraction of sp³-hybridized carbons (Fsp3) is 0.144. The van der Waals surface area contributed by atoms with Gasteiger partial charge < -0.3 is 29.9 Å². The molecule has 128 heavy (non-hydrogen) atoms. The van der Waals surface area contributed by atoms with Gasteiger partial charge in [0.2, 0.25) is 11.6 Å². The van der Waals surface area contributed by atoms with Crippen LogP contribution in [0.1, 0.15) is 131 Å². The Kier molecular flexibility index (Phi) is 37.7. The molecule has 16 aromatic rings. The number of Topliss-reactive ketones (excluding diaryl/α,β-unsaturated/α-hetero) is 2. The summed E-state index contributed by atoms with van der Waals surface area (Å²) in [7, 11) is -1.71. The monoisotopic (exact) mass is 2080 g/mol. The SMILES string of the molecule is C.CCN(CC)C(=O)c1ccc(Cl)cc1-c1ccccc1C.CCN(CC)C(=O)c1ccc(Cl)cc1B(O)O.Cc1cccc(C)c1-c1nc2c3ccc(Br)cc3c3cc(Cl)ccc3c2[nH]1.Cc1cccc(C)c1C=O.Cc1ccccc1I.O=C(Cl)c1ccc(Cl)cc1.O=C1C(=O)c2ccc(Br)cc2-c2cc(Cl)ccc21.Oc1cc2ccccc2c2cc(Cl)ccc12. The average molecular weight is 2090 g/mol. The molecule has 0 atom stereocenters. The molecule has 1 aromatic heterocycles. The number of hydrogen-bond acceptors (Lipinski definition) is 10. The average Bonchev–Trinajstić information content (AvgIpc) is 1.50. The second kappa shape index (κ2) is 47.5. The number of aryl methyl sites for hydroxylation is 6. The number of phenolic OH excluding ortho intramolecular Hbond substituents is 1. The summed E-state index contributed by atoms with van der Waals surface area (Å²) >= 11 is 50.2. The summed E-state index contributed by atoms with van der Waals surface area (Å²) in [5.74, 6) is 0.0890.